The number of unbranched alkanes of at least 4 members (excludes halogenated alkanes) is 1. The number of carboxylic acids is 1. The third-order valence-electron chi connectivity index (χ3n) is 6.60. The minimum atomic E-state index is -0.814. The summed E-state index contributed by atoms with van der Waals surface area (Å²) in [5, 5.41) is 11.5. The SMILES string of the molecule is CN(CCCCC(=O)O)C(=O)[C@H]1C[C@H]1CNC(=O)OCC1c2ccccc2-c2ccccc21. The molecule has 2 amide bonds. The molecule has 2 N–H and O–H groups in total. The van der Waals surface area contributed by atoms with E-state index in [1.54, 1.807) is 11.9 Å². The van der Waals surface area contributed by atoms with Crippen LogP contribution in [0.1, 0.15) is 42.7 Å². The monoisotopic (exact) mass is 450 g/mol. The summed E-state index contributed by atoms with van der Waals surface area (Å²) in [5.41, 5.74) is 4.72. The van der Waals surface area contributed by atoms with E-state index in [0.717, 1.165) is 6.42 Å². The van der Waals surface area contributed by atoms with Crippen LogP contribution in [0.25, 0.3) is 11.1 Å². The van der Waals surface area contributed by atoms with Gasteiger partial charge < -0.3 is 20.1 Å². The van der Waals surface area contributed by atoms with Crippen molar-refractivity contribution in [2.75, 3.05) is 26.7 Å². The van der Waals surface area contributed by atoms with Gasteiger partial charge in [-0.25, -0.2) is 4.79 Å². The van der Waals surface area contributed by atoms with E-state index in [4.69, 9.17) is 9.84 Å². The van der Waals surface area contributed by atoms with Gasteiger partial charge in [0.15, 0.2) is 0 Å². The van der Waals surface area contributed by atoms with Gasteiger partial charge in [-0.15, -0.1) is 0 Å². The van der Waals surface area contributed by atoms with Gasteiger partial charge in [0, 0.05) is 38.4 Å². The van der Waals surface area contributed by atoms with Gasteiger partial charge in [-0.2, -0.15) is 0 Å². The standard InChI is InChI=1S/C26H30N2O5/c1-28(13-7-6-12-24(29)30)25(31)22-14-17(22)15-27-26(32)33-16-23-20-10-4-2-8-18(20)19-9-3-5-11-21(19)23/h2-5,8-11,17,22-23H,6-7,12-16H2,1H3,(H,27,32)(H,29,30)/t17-,22-/m0/s1. The lowest BCUT2D eigenvalue weighted by Gasteiger charge is -2.17. The number of amides is 2. The Balaban J connectivity index is 1.20. The molecule has 174 valence electrons. The van der Waals surface area contributed by atoms with Crippen molar-refractivity contribution >= 4 is 18.0 Å². The Morgan fingerprint density at radius 2 is 1.67 bits per heavy atom. The number of nitrogens with zero attached hydrogens (tertiary/aromatic N) is 1. The van der Waals surface area contributed by atoms with E-state index < -0.39 is 12.1 Å². The van der Waals surface area contributed by atoms with Crippen LogP contribution in [0.3, 0.4) is 0 Å². The zero-order chi connectivity index (χ0) is 23.4. The number of alkyl carbamates (subject to hydrolysis) is 1. The molecule has 0 aromatic heterocycles. The lowest BCUT2D eigenvalue weighted by Crippen LogP contribution is -2.32. The van der Waals surface area contributed by atoms with E-state index >= 15 is 0 Å². The largest absolute Gasteiger partial charge is 0.481 e. The zero-order valence-electron chi connectivity index (χ0n) is 18.8. The molecule has 33 heavy (non-hydrogen) atoms. The first-order valence-corrected chi connectivity index (χ1v) is 11.5. The van der Waals surface area contributed by atoms with Crippen LogP contribution < -0.4 is 5.32 Å². The quantitative estimate of drug-likeness (QED) is 0.536. The summed E-state index contributed by atoms with van der Waals surface area (Å²) in [7, 11) is 1.75. The Hall–Kier alpha value is -3.35. The summed E-state index contributed by atoms with van der Waals surface area (Å²) >= 11 is 0. The number of carbonyl (C=O) groups is 3. The molecule has 0 spiro atoms. The maximum atomic E-state index is 12.5. The van der Waals surface area contributed by atoms with E-state index in [0.29, 0.717) is 25.9 Å². The molecule has 0 bridgehead atoms. The molecule has 0 heterocycles. The molecule has 7 nitrogen and oxygen atoms in total. The maximum absolute atomic E-state index is 12.5. The van der Waals surface area contributed by atoms with Crippen LogP contribution in [0.4, 0.5) is 4.79 Å². The molecule has 2 atom stereocenters. The zero-order valence-corrected chi connectivity index (χ0v) is 18.8. The van der Waals surface area contributed by atoms with Crippen molar-refractivity contribution in [1.29, 1.82) is 0 Å². The number of benzene rings is 2. The summed E-state index contributed by atoms with van der Waals surface area (Å²) in [6.07, 6.45) is 1.64. The van der Waals surface area contributed by atoms with Crippen molar-refractivity contribution in [2.45, 2.75) is 31.6 Å². The second kappa shape index (κ2) is 10.1. The lowest BCUT2D eigenvalue weighted by atomic mass is 9.98. The fourth-order valence-corrected chi connectivity index (χ4v) is 4.66. The predicted octanol–water partition coefficient (Wildman–Crippen LogP) is 3.87. The average Bonchev–Trinajstić information content (AvgIpc) is 3.53. The molecular weight excluding hydrogens is 420 g/mol. The lowest BCUT2D eigenvalue weighted by molar-refractivity contribution is -0.137. The average molecular weight is 451 g/mol. The maximum Gasteiger partial charge on any atom is 0.407 e. The number of hydrogen-bond acceptors (Lipinski definition) is 4. The van der Waals surface area contributed by atoms with Crippen LogP contribution in [-0.2, 0) is 14.3 Å². The number of hydrogen-bond donors (Lipinski definition) is 2. The van der Waals surface area contributed by atoms with Crippen molar-refractivity contribution in [1.82, 2.24) is 10.2 Å². The Kier molecular flexibility index (Phi) is 6.96. The smallest absolute Gasteiger partial charge is 0.407 e. The molecule has 0 saturated heterocycles. The van der Waals surface area contributed by atoms with E-state index in [1.807, 2.05) is 24.3 Å². The van der Waals surface area contributed by atoms with Crippen molar-refractivity contribution in [2.24, 2.45) is 11.8 Å². The Morgan fingerprint density at radius 1 is 1.03 bits per heavy atom. The first-order valence-electron chi connectivity index (χ1n) is 11.5. The van der Waals surface area contributed by atoms with Gasteiger partial charge in [-0.05, 0) is 47.4 Å². The summed E-state index contributed by atoms with van der Waals surface area (Å²) in [4.78, 5) is 37.0. The van der Waals surface area contributed by atoms with Gasteiger partial charge in [-0.1, -0.05) is 48.5 Å². The Morgan fingerprint density at radius 3 is 2.30 bits per heavy atom. The highest BCUT2D eigenvalue weighted by Gasteiger charge is 2.44. The van der Waals surface area contributed by atoms with Gasteiger partial charge in [-0.3, -0.25) is 9.59 Å². The number of nitrogens with one attached hydrogen (secondary N) is 1. The van der Waals surface area contributed by atoms with Crippen molar-refractivity contribution in [3.63, 3.8) is 0 Å². The van der Waals surface area contributed by atoms with E-state index in [1.165, 1.54) is 22.3 Å². The second-order valence-electron chi connectivity index (χ2n) is 8.92. The van der Waals surface area contributed by atoms with Gasteiger partial charge in [0.05, 0.1) is 0 Å². The summed E-state index contributed by atoms with van der Waals surface area (Å²) < 4.78 is 5.55. The molecule has 2 aliphatic carbocycles. The van der Waals surface area contributed by atoms with Crippen LogP contribution in [-0.4, -0.2) is 54.7 Å². The second-order valence-corrected chi connectivity index (χ2v) is 8.92. The fourth-order valence-electron chi connectivity index (χ4n) is 4.66. The minimum Gasteiger partial charge on any atom is -0.481 e. The minimum absolute atomic E-state index is 0.0215. The molecule has 1 fully saturated rings. The Labute approximate surface area is 193 Å². The van der Waals surface area contributed by atoms with E-state index in [9.17, 15) is 14.4 Å². The van der Waals surface area contributed by atoms with Gasteiger partial charge in [0.2, 0.25) is 5.91 Å². The number of carbonyl (C=O) groups excluding carboxylic acids is 2. The predicted molar refractivity (Wildman–Crippen MR) is 124 cm³/mol. The summed E-state index contributed by atoms with van der Waals surface area (Å²) in [6, 6.07) is 16.4. The number of ether oxygens (including phenoxy) is 1. The molecule has 0 radical (unpaired) electrons. The molecule has 2 aromatic rings. The molecule has 2 aromatic carbocycles. The molecule has 0 aliphatic heterocycles. The first-order chi connectivity index (χ1) is 16.0. The molecule has 7 heteroatoms. The number of fused-ring (bicyclic) bond motifs is 3. The highest BCUT2D eigenvalue weighted by Crippen LogP contribution is 2.44. The molecular formula is C26H30N2O5. The topological polar surface area (TPSA) is 95.9 Å². The van der Waals surface area contributed by atoms with Crippen molar-refractivity contribution < 1.29 is 24.2 Å². The van der Waals surface area contributed by atoms with E-state index in [2.05, 4.69) is 29.6 Å². The van der Waals surface area contributed by atoms with Crippen molar-refractivity contribution in [3.05, 3.63) is 59.7 Å². The summed E-state index contributed by atoms with van der Waals surface area (Å²) in [6.45, 7) is 1.24. The van der Waals surface area contributed by atoms with Crippen LogP contribution in [0, 0.1) is 11.8 Å². The number of aliphatic carboxylic acids is 1. The van der Waals surface area contributed by atoms with Crippen LogP contribution in [0.2, 0.25) is 0 Å². The van der Waals surface area contributed by atoms with Crippen molar-refractivity contribution in [3.8, 4) is 11.1 Å². The molecule has 0 unspecified atom stereocenters. The van der Waals surface area contributed by atoms with Gasteiger partial charge in [0.1, 0.15) is 6.61 Å². The van der Waals surface area contributed by atoms with Gasteiger partial charge in [0.25, 0.3) is 0 Å². The molecule has 2 aliphatic rings. The fraction of sp³-hybridized carbons (Fsp3) is 0.423. The van der Waals surface area contributed by atoms with E-state index in [-0.39, 0.29) is 36.7 Å². The third-order valence-corrected chi connectivity index (χ3v) is 6.60. The highest BCUT2D eigenvalue weighted by molar-refractivity contribution is 5.82. The highest BCUT2D eigenvalue weighted by atomic mass is 16.5. The van der Waals surface area contributed by atoms with Crippen LogP contribution in [0.15, 0.2) is 48.5 Å². The normalized spacial score (nSPS) is 18.2. The third kappa shape index (κ3) is 5.35. The van der Waals surface area contributed by atoms with Crippen LogP contribution in [0.5, 0.6) is 0 Å². The van der Waals surface area contributed by atoms with Gasteiger partial charge >= 0.3 is 12.1 Å². The first kappa shape index (κ1) is 22.8. The Bertz CT molecular complexity index is 991. The number of carboxylic acid groups (broad SMARTS) is 1. The summed E-state index contributed by atoms with van der Waals surface area (Å²) in [5.74, 6) is -0.689. The van der Waals surface area contributed by atoms with Crippen LogP contribution >= 0.6 is 0 Å². The molecule has 4 rings (SSSR count). The molecule has 1 saturated carbocycles. The number of rotatable bonds is 10.